The van der Waals surface area contributed by atoms with Gasteiger partial charge in [0.25, 0.3) is 0 Å². The number of benzene rings is 1. The first-order valence-corrected chi connectivity index (χ1v) is 10.1. The maximum atomic E-state index is 11.1. The Labute approximate surface area is 172 Å². The Morgan fingerprint density at radius 3 is 2.62 bits per heavy atom. The van der Waals surface area contributed by atoms with Crippen LogP contribution in [0.15, 0.2) is 47.3 Å². The molecular weight excluding hydrogens is 366 g/mol. The smallest absolute Gasteiger partial charge is 0.127 e. The van der Waals surface area contributed by atoms with Crippen molar-refractivity contribution in [3.8, 4) is 11.5 Å². The van der Waals surface area contributed by atoms with Crippen molar-refractivity contribution in [1.29, 1.82) is 0 Å². The molecule has 0 saturated carbocycles. The zero-order chi connectivity index (χ0) is 20.7. The zero-order valence-corrected chi connectivity index (χ0v) is 17.7. The predicted octanol–water partition coefficient (Wildman–Crippen LogP) is 4.05. The van der Waals surface area contributed by atoms with E-state index < -0.39 is 0 Å². The molecule has 2 N–H and O–H groups in total. The Hall–Kier alpha value is -2.50. The largest absolute Gasteiger partial charge is 0.507 e. The van der Waals surface area contributed by atoms with Crippen LogP contribution in [0.4, 0.5) is 0 Å². The van der Waals surface area contributed by atoms with E-state index in [2.05, 4.69) is 43.5 Å². The monoisotopic (exact) mass is 395 g/mol. The second-order valence-electron chi connectivity index (χ2n) is 7.84. The Morgan fingerprint density at radius 1 is 1.14 bits per heavy atom. The van der Waals surface area contributed by atoms with Gasteiger partial charge >= 0.3 is 0 Å². The average molecular weight is 395 g/mol. The summed E-state index contributed by atoms with van der Waals surface area (Å²) in [6.45, 7) is 5.06. The van der Waals surface area contributed by atoms with Gasteiger partial charge in [0.05, 0.1) is 26.2 Å². The standard InChI is InChI=1S/C24H29NO4/c1-13-10-17-15(6-7-19(27-3)24(17)20(11-13)28-4)23-16-8-9-25-14(2)22(16)21(29-5)12-18(23)26/h6-7,10-12,14,19,24-26H,8-9H2,1-5H3. The summed E-state index contributed by atoms with van der Waals surface area (Å²) >= 11 is 0. The maximum Gasteiger partial charge on any atom is 0.127 e. The fraction of sp³-hybridized carbons (Fsp3) is 0.417. The summed E-state index contributed by atoms with van der Waals surface area (Å²) in [5.74, 6) is 1.82. The van der Waals surface area contributed by atoms with E-state index in [-0.39, 0.29) is 23.8 Å². The van der Waals surface area contributed by atoms with Crippen molar-refractivity contribution in [3.63, 3.8) is 0 Å². The summed E-state index contributed by atoms with van der Waals surface area (Å²) in [6.07, 6.45) is 9.10. The predicted molar refractivity (Wildman–Crippen MR) is 114 cm³/mol. The number of rotatable bonds is 4. The van der Waals surface area contributed by atoms with E-state index in [1.165, 1.54) is 0 Å². The molecule has 1 aromatic carbocycles. The number of methoxy groups -OCH3 is 3. The third-order valence-electron chi connectivity index (χ3n) is 6.16. The Bertz CT molecular complexity index is 954. The van der Waals surface area contributed by atoms with E-state index in [1.807, 2.05) is 0 Å². The topological polar surface area (TPSA) is 60.0 Å². The third kappa shape index (κ3) is 3.18. The number of hydrogen-bond donors (Lipinski definition) is 2. The fourth-order valence-corrected chi connectivity index (χ4v) is 4.89. The van der Waals surface area contributed by atoms with Crippen LogP contribution in [-0.2, 0) is 15.9 Å². The van der Waals surface area contributed by atoms with E-state index in [1.54, 1.807) is 27.4 Å². The van der Waals surface area contributed by atoms with E-state index in [0.717, 1.165) is 57.9 Å². The van der Waals surface area contributed by atoms with Gasteiger partial charge in [-0.15, -0.1) is 0 Å². The molecule has 0 fully saturated rings. The van der Waals surface area contributed by atoms with Crippen molar-refractivity contribution < 1.29 is 19.3 Å². The zero-order valence-electron chi connectivity index (χ0n) is 17.7. The lowest BCUT2D eigenvalue weighted by Gasteiger charge is -2.35. The molecule has 154 valence electrons. The van der Waals surface area contributed by atoms with Gasteiger partial charge in [-0.1, -0.05) is 18.2 Å². The molecule has 5 nitrogen and oxygen atoms in total. The number of phenols is 1. The lowest BCUT2D eigenvalue weighted by atomic mass is 9.75. The normalized spacial score (nSPS) is 25.8. The molecule has 0 aromatic heterocycles. The molecular formula is C24H29NO4. The molecule has 2 aliphatic carbocycles. The average Bonchev–Trinajstić information content (AvgIpc) is 2.72. The van der Waals surface area contributed by atoms with Gasteiger partial charge in [-0.05, 0) is 55.2 Å². The highest BCUT2D eigenvalue weighted by Crippen LogP contribution is 2.47. The molecule has 5 heteroatoms. The van der Waals surface area contributed by atoms with E-state index in [0.29, 0.717) is 0 Å². The van der Waals surface area contributed by atoms with Crippen LogP contribution in [0, 0.1) is 5.92 Å². The minimum absolute atomic E-state index is 0.0370. The number of ether oxygens (including phenoxy) is 3. The number of aromatic hydroxyl groups is 1. The van der Waals surface area contributed by atoms with Gasteiger partial charge in [-0.25, -0.2) is 0 Å². The Balaban J connectivity index is 1.99. The van der Waals surface area contributed by atoms with Crippen molar-refractivity contribution in [3.05, 3.63) is 64.0 Å². The summed E-state index contributed by atoms with van der Waals surface area (Å²) in [4.78, 5) is 0. The van der Waals surface area contributed by atoms with Crippen molar-refractivity contribution in [1.82, 2.24) is 5.32 Å². The molecule has 0 saturated heterocycles. The van der Waals surface area contributed by atoms with E-state index in [9.17, 15) is 5.11 Å². The molecule has 1 heterocycles. The lowest BCUT2D eigenvalue weighted by Crippen LogP contribution is -2.31. The maximum absolute atomic E-state index is 11.1. The molecule has 3 unspecified atom stereocenters. The van der Waals surface area contributed by atoms with Crippen molar-refractivity contribution in [2.24, 2.45) is 5.92 Å². The lowest BCUT2D eigenvalue weighted by molar-refractivity contribution is 0.0902. The number of nitrogens with one attached hydrogen (secondary N) is 1. The van der Waals surface area contributed by atoms with Crippen LogP contribution in [0.25, 0.3) is 5.57 Å². The van der Waals surface area contributed by atoms with E-state index in [4.69, 9.17) is 14.2 Å². The van der Waals surface area contributed by atoms with Crippen LogP contribution in [0.3, 0.4) is 0 Å². The van der Waals surface area contributed by atoms with Crippen molar-refractivity contribution in [2.75, 3.05) is 27.9 Å². The van der Waals surface area contributed by atoms with Crippen LogP contribution in [0.5, 0.6) is 11.5 Å². The Kier molecular flexibility index (Phi) is 5.28. The number of phenolic OH excluding ortho intramolecular Hbond substituents is 1. The quantitative estimate of drug-likeness (QED) is 0.805. The van der Waals surface area contributed by atoms with Gasteiger partial charge in [-0.2, -0.15) is 0 Å². The van der Waals surface area contributed by atoms with Crippen LogP contribution >= 0.6 is 0 Å². The first-order valence-electron chi connectivity index (χ1n) is 10.1. The summed E-state index contributed by atoms with van der Waals surface area (Å²) in [5, 5.41) is 14.6. The van der Waals surface area contributed by atoms with Crippen LogP contribution in [-0.4, -0.2) is 39.1 Å². The number of allylic oxidation sites excluding steroid dienone is 5. The number of hydrogen-bond acceptors (Lipinski definition) is 5. The van der Waals surface area contributed by atoms with Gasteiger partial charge in [0.2, 0.25) is 0 Å². The van der Waals surface area contributed by atoms with Crippen molar-refractivity contribution in [2.45, 2.75) is 32.4 Å². The second-order valence-corrected chi connectivity index (χ2v) is 7.84. The number of fused-ring (bicyclic) bond motifs is 2. The van der Waals surface area contributed by atoms with Crippen LogP contribution in [0.2, 0.25) is 0 Å². The molecule has 0 amide bonds. The molecule has 0 bridgehead atoms. The highest BCUT2D eigenvalue weighted by Gasteiger charge is 2.36. The summed E-state index contributed by atoms with van der Waals surface area (Å²) in [5.41, 5.74) is 6.42. The molecule has 4 rings (SSSR count). The molecule has 0 radical (unpaired) electrons. The molecule has 1 aromatic rings. The van der Waals surface area contributed by atoms with Crippen LogP contribution < -0.4 is 10.1 Å². The fourth-order valence-electron chi connectivity index (χ4n) is 4.89. The SMILES string of the molecule is COC1=CC(C)=CC2=C(c3c(O)cc(OC)c4c3CCNC4C)C=CC(OC)C12. The highest BCUT2D eigenvalue weighted by atomic mass is 16.5. The van der Waals surface area contributed by atoms with Gasteiger partial charge < -0.3 is 24.6 Å². The minimum Gasteiger partial charge on any atom is -0.507 e. The summed E-state index contributed by atoms with van der Waals surface area (Å²) in [6, 6.07) is 1.90. The van der Waals surface area contributed by atoms with Crippen LogP contribution in [0.1, 0.15) is 36.6 Å². The first-order chi connectivity index (χ1) is 14.0. The highest BCUT2D eigenvalue weighted by molar-refractivity contribution is 5.87. The summed E-state index contributed by atoms with van der Waals surface area (Å²) in [7, 11) is 5.07. The minimum atomic E-state index is -0.110. The van der Waals surface area contributed by atoms with Gasteiger partial charge in [-0.3, -0.25) is 0 Å². The van der Waals surface area contributed by atoms with Gasteiger partial charge in [0, 0.05) is 30.3 Å². The molecule has 3 atom stereocenters. The third-order valence-corrected chi connectivity index (χ3v) is 6.16. The molecule has 0 spiro atoms. The van der Waals surface area contributed by atoms with Gasteiger partial charge in [0.15, 0.2) is 0 Å². The Morgan fingerprint density at radius 2 is 1.93 bits per heavy atom. The second kappa shape index (κ2) is 7.73. The molecule has 29 heavy (non-hydrogen) atoms. The first kappa shape index (κ1) is 19.8. The molecule has 1 aliphatic heterocycles. The summed E-state index contributed by atoms with van der Waals surface area (Å²) < 4.78 is 17.1. The van der Waals surface area contributed by atoms with E-state index >= 15 is 0 Å². The van der Waals surface area contributed by atoms with Gasteiger partial charge in [0.1, 0.15) is 17.3 Å². The van der Waals surface area contributed by atoms with Crippen molar-refractivity contribution >= 4 is 5.57 Å². The molecule has 3 aliphatic rings.